The fraction of sp³-hybridized carbons (Fsp3) is 0.538. The van der Waals surface area contributed by atoms with Crippen molar-refractivity contribution in [1.29, 1.82) is 0 Å². The molecular weight excluding hydrogens is 262 g/mol. The first-order valence-electron chi connectivity index (χ1n) is 6.49. The second-order valence-corrected chi connectivity index (χ2v) is 5.68. The predicted octanol–water partition coefficient (Wildman–Crippen LogP) is 2.29. The summed E-state index contributed by atoms with van der Waals surface area (Å²) in [6, 6.07) is 1.83. The van der Waals surface area contributed by atoms with E-state index in [1.165, 1.54) is 0 Å². The van der Waals surface area contributed by atoms with E-state index in [4.69, 9.17) is 4.74 Å². The van der Waals surface area contributed by atoms with E-state index in [2.05, 4.69) is 15.5 Å². The molecule has 1 N–H and O–H groups in total. The molecule has 0 unspecified atom stereocenters. The number of aliphatic hydroxyl groups excluding tert-OH is 1. The topological polar surface area (TPSA) is 60.2 Å². The van der Waals surface area contributed by atoms with Crippen molar-refractivity contribution in [1.82, 2.24) is 14.8 Å². The third-order valence-corrected chi connectivity index (χ3v) is 4.17. The van der Waals surface area contributed by atoms with Crippen LogP contribution in [0.3, 0.4) is 0 Å². The number of nitrogens with zero attached hydrogens (tertiary/aromatic N) is 3. The van der Waals surface area contributed by atoms with Crippen LogP contribution in [0.25, 0.3) is 0 Å². The monoisotopic (exact) mass is 279 g/mol. The Hall–Kier alpha value is -1.24. The van der Waals surface area contributed by atoms with Gasteiger partial charge in [-0.1, -0.05) is 0 Å². The Kier molecular flexibility index (Phi) is 3.63. The molecule has 1 aliphatic rings. The lowest BCUT2D eigenvalue weighted by atomic mass is 10.2. The quantitative estimate of drug-likeness (QED) is 0.933. The number of aromatic nitrogens is 3. The largest absolute Gasteiger partial charge is 0.387 e. The summed E-state index contributed by atoms with van der Waals surface area (Å²) in [5.41, 5.74) is 1.69. The number of thiazole rings is 1. The first kappa shape index (κ1) is 12.8. The summed E-state index contributed by atoms with van der Waals surface area (Å²) in [6.45, 7) is 3.19. The van der Waals surface area contributed by atoms with Crippen LogP contribution >= 0.6 is 11.3 Å². The fourth-order valence-corrected chi connectivity index (χ4v) is 3.06. The maximum absolute atomic E-state index is 9.44. The van der Waals surface area contributed by atoms with E-state index in [1.54, 1.807) is 22.9 Å². The highest BCUT2D eigenvalue weighted by atomic mass is 32.1. The molecule has 0 spiro atoms. The molecule has 0 bridgehead atoms. The molecule has 0 aliphatic carbocycles. The number of aliphatic hydroxyl groups is 1. The van der Waals surface area contributed by atoms with Crippen LogP contribution in [0, 0.1) is 0 Å². The standard InChI is InChI=1S/C13H17N3O2S/c1-9(17)11-4-5-16(15-11)7-10-8-19-13(14-10)12-3-2-6-18-12/h4-5,8-9,12,17H,2-3,6-7H2,1H3/t9-,12-/m1/s1. The van der Waals surface area contributed by atoms with Gasteiger partial charge in [-0.3, -0.25) is 4.68 Å². The molecule has 2 aromatic heterocycles. The van der Waals surface area contributed by atoms with Crippen LogP contribution in [-0.2, 0) is 11.3 Å². The van der Waals surface area contributed by atoms with E-state index in [0.717, 1.165) is 30.2 Å². The molecule has 0 radical (unpaired) electrons. The number of ether oxygens (including phenoxy) is 1. The van der Waals surface area contributed by atoms with Gasteiger partial charge in [0.05, 0.1) is 24.0 Å². The van der Waals surface area contributed by atoms with Gasteiger partial charge in [0.1, 0.15) is 11.1 Å². The summed E-state index contributed by atoms with van der Waals surface area (Å²) < 4.78 is 7.43. The number of rotatable bonds is 4. The Morgan fingerprint density at radius 3 is 3.21 bits per heavy atom. The molecule has 5 nitrogen and oxygen atoms in total. The average molecular weight is 279 g/mol. The predicted molar refractivity (Wildman–Crippen MR) is 72.0 cm³/mol. The van der Waals surface area contributed by atoms with Gasteiger partial charge in [-0.05, 0) is 25.8 Å². The van der Waals surface area contributed by atoms with Gasteiger partial charge in [-0.25, -0.2) is 4.98 Å². The van der Waals surface area contributed by atoms with E-state index in [9.17, 15) is 5.11 Å². The first-order chi connectivity index (χ1) is 9.22. The fourth-order valence-electron chi connectivity index (χ4n) is 2.17. The maximum atomic E-state index is 9.44. The van der Waals surface area contributed by atoms with Crippen LogP contribution in [0.4, 0.5) is 0 Å². The molecule has 3 heterocycles. The summed E-state index contributed by atoms with van der Waals surface area (Å²) in [4.78, 5) is 4.61. The molecule has 102 valence electrons. The molecule has 0 amide bonds. The van der Waals surface area contributed by atoms with Crippen molar-refractivity contribution in [2.24, 2.45) is 0 Å². The molecule has 2 aromatic rings. The van der Waals surface area contributed by atoms with Gasteiger partial charge >= 0.3 is 0 Å². The van der Waals surface area contributed by atoms with Gasteiger partial charge in [0.2, 0.25) is 0 Å². The second kappa shape index (κ2) is 5.40. The summed E-state index contributed by atoms with van der Waals surface area (Å²) in [5.74, 6) is 0. The summed E-state index contributed by atoms with van der Waals surface area (Å²) in [5, 5.41) is 16.9. The Bertz CT molecular complexity index is 544. The Morgan fingerprint density at radius 1 is 1.63 bits per heavy atom. The summed E-state index contributed by atoms with van der Waals surface area (Å²) in [6.07, 6.45) is 3.72. The van der Waals surface area contributed by atoms with Gasteiger partial charge in [0.25, 0.3) is 0 Å². The SMILES string of the molecule is C[C@@H](O)c1ccn(Cc2csc([C@H]3CCCO3)n2)n1. The Labute approximate surface area is 115 Å². The summed E-state index contributed by atoms with van der Waals surface area (Å²) >= 11 is 1.65. The minimum absolute atomic E-state index is 0.185. The molecular formula is C13H17N3O2S. The van der Waals surface area contributed by atoms with Gasteiger partial charge < -0.3 is 9.84 Å². The van der Waals surface area contributed by atoms with E-state index in [0.29, 0.717) is 12.2 Å². The van der Waals surface area contributed by atoms with Crippen LogP contribution in [0.5, 0.6) is 0 Å². The van der Waals surface area contributed by atoms with Crippen molar-refractivity contribution < 1.29 is 9.84 Å². The van der Waals surface area contributed by atoms with Gasteiger partial charge in [-0.2, -0.15) is 5.10 Å². The zero-order valence-electron chi connectivity index (χ0n) is 10.8. The van der Waals surface area contributed by atoms with Crippen molar-refractivity contribution in [3.63, 3.8) is 0 Å². The lowest BCUT2D eigenvalue weighted by Crippen LogP contribution is -2.03. The third-order valence-electron chi connectivity index (χ3n) is 3.19. The normalized spacial score (nSPS) is 20.8. The molecule has 3 rings (SSSR count). The van der Waals surface area contributed by atoms with E-state index >= 15 is 0 Å². The van der Waals surface area contributed by atoms with Crippen LogP contribution in [0.2, 0.25) is 0 Å². The van der Waals surface area contributed by atoms with Crippen molar-refractivity contribution in [2.75, 3.05) is 6.61 Å². The maximum Gasteiger partial charge on any atom is 0.122 e. The third kappa shape index (κ3) is 2.86. The number of hydrogen-bond donors (Lipinski definition) is 1. The average Bonchev–Trinajstić information content (AvgIpc) is 3.09. The van der Waals surface area contributed by atoms with Crippen LogP contribution in [-0.4, -0.2) is 26.5 Å². The first-order valence-corrected chi connectivity index (χ1v) is 7.37. The molecule has 0 saturated carbocycles. The van der Waals surface area contributed by atoms with Crippen molar-refractivity contribution >= 4 is 11.3 Å². The van der Waals surface area contributed by atoms with Crippen molar-refractivity contribution in [2.45, 2.75) is 38.5 Å². The molecule has 6 heteroatoms. The van der Waals surface area contributed by atoms with Gasteiger partial charge in [-0.15, -0.1) is 11.3 Å². The molecule has 1 fully saturated rings. The van der Waals surface area contributed by atoms with E-state index < -0.39 is 6.10 Å². The molecule has 2 atom stereocenters. The summed E-state index contributed by atoms with van der Waals surface area (Å²) in [7, 11) is 0. The highest BCUT2D eigenvalue weighted by molar-refractivity contribution is 7.09. The Morgan fingerprint density at radius 2 is 2.53 bits per heavy atom. The number of hydrogen-bond acceptors (Lipinski definition) is 5. The van der Waals surface area contributed by atoms with Crippen LogP contribution in [0.1, 0.15) is 48.4 Å². The molecule has 19 heavy (non-hydrogen) atoms. The highest BCUT2D eigenvalue weighted by Crippen LogP contribution is 2.30. The smallest absolute Gasteiger partial charge is 0.122 e. The van der Waals surface area contributed by atoms with Crippen LogP contribution < -0.4 is 0 Å². The lowest BCUT2D eigenvalue weighted by molar-refractivity contribution is 0.111. The Balaban J connectivity index is 1.68. The van der Waals surface area contributed by atoms with E-state index in [-0.39, 0.29) is 6.10 Å². The molecule has 1 saturated heterocycles. The minimum Gasteiger partial charge on any atom is -0.387 e. The van der Waals surface area contributed by atoms with Crippen LogP contribution in [0.15, 0.2) is 17.6 Å². The second-order valence-electron chi connectivity index (χ2n) is 4.79. The lowest BCUT2D eigenvalue weighted by Gasteiger charge is -2.03. The van der Waals surface area contributed by atoms with Gasteiger partial charge in [0, 0.05) is 18.2 Å². The minimum atomic E-state index is -0.529. The van der Waals surface area contributed by atoms with Crippen molar-refractivity contribution in [3.05, 3.63) is 34.0 Å². The zero-order chi connectivity index (χ0) is 13.2. The zero-order valence-corrected chi connectivity index (χ0v) is 11.6. The van der Waals surface area contributed by atoms with Gasteiger partial charge in [0.15, 0.2) is 0 Å². The van der Waals surface area contributed by atoms with Crippen molar-refractivity contribution in [3.8, 4) is 0 Å². The van der Waals surface area contributed by atoms with E-state index in [1.807, 2.05) is 12.3 Å². The highest BCUT2D eigenvalue weighted by Gasteiger charge is 2.20. The molecule has 1 aliphatic heterocycles. The molecule has 0 aromatic carbocycles.